The fourth-order valence-electron chi connectivity index (χ4n) is 1.30. The predicted molar refractivity (Wildman–Crippen MR) is 55.1 cm³/mol. The number of ether oxygens (including phenoxy) is 1. The van der Waals surface area contributed by atoms with Gasteiger partial charge in [0.25, 0.3) is 0 Å². The van der Waals surface area contributed by atoms with E-state index in [1.807, 2.05) is 6.92 Å². The van der Waals surface area contributed by atoms with Crippen molar-refractivity contribution in [3.05, 3.63) is 12.2 Å². The zero-order chi connectivity index (χ0) is 8.97. The van der Waals surface area contributed by atoms with Crippen molar-refractivity contribution in [2.75, 3.05) is 19.7 Å². The van der Waals surface area contributed by atoms with Crippen LogP contribution in [-0.2, 0) is 4.74 Å². The Labute approximate surface area is 77.2 Å². The largest absolute Gasteiger partial charge is 0.374 e. The molecular weight excluding hydrogens is 169 g/mol. The molecule has 0 saturated carbocycles. The van der Waals surface area contributed by atoms with E-state index in [1.165, 1.54) is 0 Å². The highest BCUT2D eigenvalue weighted by atomic mass is 31.0. The van der Waals surface area contributed by atoms with Gasteiger partial charge in [0, 0.05) is 13.1 Å². The van der Waals surface area contributed by atoms with Crippen LogP contribution in [0.2, 0.25) is 0 Å². The van der Waals surface area contributed by atoms with Gasteiger partial charge in [0.05, 0.1) is 12.7 Å². The molecule has 1 heterocycles. The van der Waals surface area contributed by atoms with Crippen LogP contribution < -0.4 is 0 Å². The summed E-state index contributed by atoms with van der Waals surface area (Å²) in [5.74, 6) is 0. The van der Waals surface area contributed by atoms with E-state index in [0.717, 1.165) is 38.1 Å². The minimum atomic E-state index is 0.457. The Balaban J connectivity index is 2.13. The Morgan fingerprint density at radius 3 is 2.67 bits per heavy atom. The summed E-state index contributed by atoms with van der Waals surface area (Å²) < 4.78 is 7.92. The Bertz CT molecular complexity index is 153. The third-order valence-electron chi connectivity index (χ3n) is 2.04. The maximum atomic E-state index is 5.66. The normalized spacial score (nSPS) is 21.2. The lowest BCUT2D eigenvalue weighted by Crippen LogP contribution is -2.31. The standard InChI is InChI=1S/C9H18NOP/c1-8(2)7-11-9-3-5-10(12)6-4-9/h9H,1,3-7,12H2,2H3. The molecule has 0 N–H and O–H groups in total. The molecular formula is C9H18NOP. The van der Waals surface area contributed by atoms with E-state index in [-0.39, 0.29) is 0 Å². The van der Waals surface area contributed by atoms with Gasteiger partial charge in [0.2, 0.25) is 0 Å². The molecule has 2 nitrogen and oxygen atoms in total. The Morgan fingerprint density at radius 1 is 1.58 bits per heavy atom. The maximum absolute atomic E-state index is 5.66. The molecule has 12 heavy (non-hydrogen) atoms. The maximum Gasteiger partial charge on any atom is 0.0675 e. The average Bonchev–Trinajstić information content (AvgIpc) is 2.03. The summed E-state index contributed by atoms with van der Waals surface area (Å²) in [6.07, 6.45) is 2.76. The van der Waals surface area contributed by atoms with Crippen molar-refractivity contribution in [3.8, 4) is 0 Å². The van der Waals surface area contributed by atoms with E-state index in [0.29, 0.717) is 6.10 Å². The third-order valence-corrected chi connectivity index (χ3v) is 2.56. The van der Waals surface area contributed by atoms with Gasteiger partial charge < -0.3 is 4.74 Å². The second-order valence-corrected chi connectivity index (χ2v) is 4.23. The predicted octanol–water partition coefficient (Wildman–Crippen LogP) is 1.83. The van der Waals surface area contributed by atoms with Crippen LogP contribution >= 0.6 is 9.39 Å². The molecule has 1 rings (SSSR count). The average molecular weight is 187 g/mol. The van der Waals surface area contributed by atoms with Crippen molar-refractivity contribution in [2.24, 2.45) is 0 Å². The van der Waals surface area contributed by atoms with E-state index in [2.05, 4.69) is 20.6 Å². The van der Waals surface area contributed by atoms with Crippen LogP contribution in [0, 0.1) is 0 Å². The Hall–Kier alpha value is 0.0900. The van der Waals surface area contributed by atoms with E-state index >= 15 is 0 Å². The first-order chi connectivity index (χ1) is 5.68. The molecule has 0 aliphatic carbocycles. The molecule has 0 aromatic heterocycles. The van der Waals surface area contributed by atoms with Crippen LogP contribution in [-0.4, -0.2) is 30.5 Å². The summed E-state index contributed by atoms with van der Waals surface area (Å²) >= 11 is 0. The number of piperidine rings is 1. The quantitative estimate of drug-likeness (QED) is 0.493. The topological polar surface area (TPSA) is 12.5 Å². The molecule has 1 atom stereocenters. The molecule has 0 radical (unpaired) electrons. The highest BCUT2D eigenvalue weighted by molar-refractivity contribution is 7.13. The smallest absolute Gasteiger partial charge is 0.0675 e. The van der Waals surface area contributed by atoms with Crippen molar-refractivity contribution in [2.45, 2.75) is 25.9 Å². The molecule has 0 aromatic rings. The van der Waals surface area contributed by atoms with Gasteiger partial charge in [-0.05, 0) is 19.8 Å². The SMILES string of the molecule is C=C(C)COC1CCN(P)CC1. The lowest BCUT2D eigenvalue weighted by molar-refractivity contribution is 0.0359. The molecule has 1 aliphatic heterocycles. The minimum Gasteiger partial charge on any atom is -0.374 e. The van der Waals surface area contributed by atoms with Crippen LogP contribution in [0.1, 0.15) is 19.8 Å². The fourth-order valence-corrected chi connectivity index (χ4v) is 1.60. The number of rotatable bonds is 3. The van der Waals surface area contributed by atoms with Gasteiger partial charge >= 0.3 is 0 Å². The highest BCUT2D eigenvalue weighted by Crippen LogP contribution is 2.16. The second-order valence-electron chi connectivity index (χ2n) is 3.50. The molecule has 0 amide bonds. The van der Waals surface area contributed by atoms with Gasteiger partial charge in [-0.1, -0.05) is 21.5 Å². The summed E-state index contributed by atoms with van der Waals surface area (Å²) in [5, 5.41) is 0. The molecule has 1 saturated heterocycles. The molecule has 0 spiro atoms. The monoisotopic (exact) mass is 187 g/mol. The first kappa shape index (κ1) is 10.2. The summed E-state index contributed by atoms with van der Waals surface area (Å²) in [5.41, 5.74) is 1.11. The van der Waals surface area contributed by atoms with Crippen molar-refractivity contribution in [1.29, 1.82) is 0 Å². The van der Waals surface area contributed by atoms with Crippen molar-refractivity contribution in [3.63, 3.8) is 0 Å². The number of nitrogens with zero attached hydrogens (tertiary/aromatic N) is 1. The van der Waals surface area contributed by atoms with Crippen LogP contribution in [0.5, 0.6) is 0 Å². The van der Waals surface area contributed by atoms with E-state index < -0.39 is 0 Å². The van der Waals surface area contributed by atoms with Crippen molar-refractivity contribution < 1.29 is 4.74 Å². The fraction of sp³-hybridized carbons (Fsp3) is 0.778. The summed E-state index contributed by atoms with van der Waals surface area (Å²) in [4.78, 5) is 0. The van der Waals surface area contributed by atoms with Crippen molar-refractivity contribution >= 4 is 9.39 Å². The van der Waals surface area contributed by atoms with Gasteiger partial charge in [-0.2, -0.15) is 0 Å². The van der Waals surface area contributed by atoms with Crippen LogP contribution in [0.15, 0.2) is 12.2 Å². The van der Waals surface area contributed by atoms with Crippen LogP contribution in [0.3, 0.4) is 0 Å². The van der Waals surface area contributed by atoms with E-state index in [9.17, 15) is 0 Å². The lowest BCUT2D eigenvalue weighted by Gasteiger charge is -2.28. The number of hydrogen-bond acceptors (Lipinski definition) is 2. The van der Waals surface area contributed by atoms with Gasteiger partial charge in [-0.3, -0.25) is 4.67 Å². The molecule has 70 valence electrons. The molecule has 0 bridgehead atoms. The van der Waals surface area contributed by atoms with Crippen LogP contribution in [0.4, 0.5) is 0 Å². The minimum absolute atomic E-state index is 0.457. The molecule has 1 unspecified atom stereocenters. The first-order valence-electron chi connectivity index (χ1n) is 4.44. The van der Waals surface area contributed by atoms with Gasteiger partial charge in [0.15, 0.2) is 0 Å². The van der Waals surface area contributed by atoms with E-state index in [1.54, 1.807) is 0 Å². The molecule has 1 aliphatic rings. The first-order valence-corrected chi connectivity index (χ1v) is 4.96. The molecule has 1 fully saturated rings. The second kappa shape index (κ2) is 4.96. The highest BCUT2D eigenvalue weighted by Gasteiger charge is 2.16. The number of hydrogen-bond donors (Lipinski definition) is 0. The van der Waals surface area contributed by atoms with Gasteiger partial charge in [-0.15, -0.1) is 0 Å². The summed E-state index contributed by atoms with van der Waals surface area (Å²) in [7, 11) is 2.74. The third kappa shape index (κ3) is 3.66. The summed E-state index contributed by atoms with van der Waals surface area (Å²) in [6, 6.07) is 0. The zero-order valence-electron chi connectivity index (χ0n) is 7.75. The molecule has 3 heteroatoms. The van der Waals surface area contributed by atoms with Crippen LogP contribution in [0.25, 0.3) is 0 Å². The zero-order valence-corrected chi connectivity index (χ0v) is 8.91. The van der Waals surface area contributed by atoms with Gasteiger partial charge in [0.1, 0.15) is 0 Å². The Kier molecular flexibility index (Phi) is 4.20. The van der Waals surface area contributed by atoms with Crippen molar-refractivity contribution in [1.82, 2.24) is 4.67 Å². The van der Waals surface area contributed by atoms with Gasteiger partial charge in [-0.25, -0.2) is 0 Å². The summed E-state index contributed by atoms with van der Waals surface area (Å²) in [6.45, 7) is 8.80. The molecule has 0 aromatic carbocycles. The van der Waals surface area contributed by atoms with E-state index in [4.69, 9.17) is 4.74 Å². The Morgan fingerprint density at radius 2 is 2.17 bits per heavy atom. The lowest BCUT2D eigenvalue weighted by atomic mass is 10.1.